The van der Waals surface area contributed by atoms with Gasteiger partial charge in [-0.15, -0.1) is 0 Å². The Kier molecular flexibility index (Phi) is 7.87. The number of piperidine rings is 1. The SMILES string of the molecule is COc1ccc(COCC(OC(=O)N2CCC(c3nn4c(c3C3CC3)CCc3cc(F)ccc3-4)CC2)C(F)(F)F)cc1. The molecule has 2 aromatic carbocycles. The van der Waals surface area contributed by atoms with Crippen LogP contribution in [0.2, 0.25) is 0 Å². The van der Waals surface area contributed by atoms with E-state index in [1.807, 2.05) is 4.68 Å². The number of carbonyl (C=O) groups is 1. The molecule has 3 aliphatic rings. The third-order valence-electron chi connectivity index (χ3n) is 8.38. The molecule has 2 aliphatic heterocycles. The molecule has 1 saturated heterocycles. The Morgan fingerprint density at radius 1 is 1.02 bits per heavy atom. The lowest BCUT2D eigenvalue weighted by Gasteiger charge is -2.32. The van der Waals surface area contributed by atoms with Crippen molar-refractivity contribution < 1.29 is 36.6 Å². The number of alkyl halides is 3. The van der Waals surface area contributed by atoms with Crippen LogP contribution in [0.1, 0.15) is 65.6 Å². The number of hydrogen-bond acceptors (Lipinski definition) is 5. The smallest absolute Gasteiger partial charge is 0.427 e. The third kappa shape index (κ3) is 5.97. The van der Waals surface area contributed by atoms with Crippen LogP contribution in [0.15, 0.2) is 42.5 Å². The zero-order valence-electron chi connectivity index (χ0n) is 23.3. The summed E-state index contributed by atoms with van der Waals surface area (Å²) in [7, 11) is 1.52. The van der Waals surface area contributed by atoms with Gasteiger partial charge in [0.05, 0.1) is 31.7 Å². The number of nitrogens with zero attached hydrogens (tertiary/aromatic N) is 3. The summed E-state index contributed by atoms with van der Waals surface area (Å²) in [6.45, 7) is -0.311. The number of halogens is 4. The summed E-state index contributed by atoms with van der Waals surface area (Å²) in [6.07, 6.45) is -3.22. The minimum Gasteiger partial charge on any atom is -0.497 e. The molecule has 42 heavy (non-hydrogen) atoms. The van der Waals surface area contributed by atoms with Gasteiger partial charge in [0.15, 0.2) is 0 Å². The summed E-state index contributed by atoms with van der Waals surface area (Å²) < 4.78 is 72.2. The first-order valence-electron chi connectivity index (χ1n) is 14.3. The van der Waals surface area contributed by atoms with E-state index in [4.69, 9.17) is 19.3 Å². The van der Waals surface area contributed by atoms with E-state index >= 15 is 0 Å². The molecule has 0 radical (unpaired) electrons. The molecule has 1 amide bonds. The fraction of sp³-hybridized carbons (Fsp3) is 0.484. The lowest BCUT2D eigenvalue weighted by molar-refractivity contribution is -0.220. The van der Waals surface area contributed by atoms with Crippen molar-refractivity contribution in [1.82, 2.24) is 14.7 Å². The number of amides is 1. The molecule has 1 unspecified atom stereocenters. The number of aromatic nitrogens is 2. The Labute approximate surface area is 241 Å². The molecule has 224 valence electrons. The van der Waals surface area contributed by atoms with Crippen molar-refractivity contribution in [3.05, 3.63) is 76.4 Å². The van der Waals surface area contributed by atoms with Crippen LogP contribution >= 0.6 is 0 Å². The van der Waals surface area contributed by atoms with E-state index in [1.54, 1.807) is 36.4 Å². The van der Waals surface area contributed by atoms with Crippen LogP contribution in [0.25, 0.3) is 5.69 Å². The number of methoxy groups -OCH3 is 1. The molecule has 1 aromatic heterocycles. The average molecular weight is 588 g/mol. The van der Waals surface area contributed by atoms with E-state index in [1.165, 1.54) is 29.3 Å². The van der Waals surface area contributed by atoms with Crippen LogP contribution in [0.5, 0.6) is 5.75 Å². The highest BCUT2D eigenvalue weighted by Gasteiger charge is 2.44. The average Bonchev–Trinajstić information content (AvgIpc) is 3.75. The van der Waals surface area contributed by atoms with E-state index in [0.717, 1.165) is 42.6 Å². The van der Waals surface area contributed by atoms with Gasteiger partial charge in [-0.05, 0) is 85.9 Å². The van der Waals surface area contributed by atoms with Crippen molar-refractivity contribution in [2.45, 2.75) is 69.2 Å². The summed E-state index contributed by atoms with van der Waals surface area (Å²) in [5.41, 5.74) is 5.97. The molecule has 0 bridgehead atoms. The van der Waals surface area contributed by atoms with Crippen LogP contribution in [0.4, 0.5) is 22.4 Å². The largest absolute Gasteiger partial charge is 0.497 e. The monoisotopic (exact) mass is 587 g/mol. The summed E-state index contributed by atoms with van der Waals surface area (Å²) >= 11 is 0. The summed E-state index contributed by atoms with van der Waals surface area (Å²) in [6, 6.07) is 11.6. The molecule has 6 rings (SSSR count). The predicted molar refractivity (Wildman–Crippen MR) is 145 cm³/mol. The standard InChI is InChI=1S/C31H33F4N3O4/c1-40-24-8-2-19(3-9-24)17-41-18-27(31(33,34)35)42-30(39)37-14-12-21(13-15-37)29-28(20-4-5-20)26-10-6-22-16-23(32)7-11-25(22)38(26)36-29/h2-3,7-9,11,16,20-21,27H,4-6,10,12-15,17-18H2,1H3. The van der Waals surface area contributed by atoms with Crippen molar-refractivity contribution in [1.29, 1.82) is 0 Å². The number of ether oxygens (including phenoxy) is 3. The number of carbonyl (C=O) groups excluding carboxylic acids is 1. The van der Waals surface area contributed by atoms with Crippen LogP contribution in [0.3, 0.4) is 0 Å². The third-order valence-corrected chi connectivity index (χ3v) is 8.38. The van der Waals surface area contributed by atoms with Crippen molar-refractivity contribution >= 4 is 6.09 Å². The topological polar surface area (TPSA) is 65.8 Å². The van der Waals surface area contributed by atoms with Gasteiger partial charge >= 0.3 is 12.3 Å². The maximum absolute atomic E-state index is 13.8. The maximum atomic E-state index is 13.8. The van der Waals surface area contributed by atoms with E-state index in [9.17, 15) is 22.4 Å². The quantitative estimate of drug-likeness (QED) is 0.283. The lowest BCUT2D eigenvalue weighted by Crippen LogP contribution is -2.44. The van der Waals surface area contributed by atoms with E-state index in [0.29, 0.717) is 30.1 Å². The van der Waals surface area contributed by atoms with Crippen LogP contribution in [-0.2, 0) is 28.9 Å². The van der Waals surface area contributed by atoms with Crippen molar-refractivity contribution in [2.75, 3.05) is 26.8 Å². The molecule has 1 saturated carbocycles. The number of fused-ring (bicyclic) bond motifs is 3. The van der Waals surface area contributed by atoms with Gasteiger partial charge in [0.25, 0.3) is 0 Å². The molecular formula is C31H33F4N3O4. The van der Waals surface area contributed by atoms with Gasteiger partial charge in [-0.2, -0.15) is 18.3 Å². The van der Waals surface area contributed by atoms with E-state index < -0.39 is 25.0 Å². The normalized spacial score (nSPS) is 17.9. The van der Waals surface area contributed by atoms with Gasteiger partial charge in [-0.1, -0.05) is 12.1 Å². The second-order valence-electron chi connectivity index (χ2n) is 11.2. The van der Waals surface area contributed by atoms with Gasteiger partial charge in [0, 0.05) is 30.3 Å². The molecule has 0 N–H and O–H groups in total. The maximum Gasteiger partial charge on any atom is 0.427 e. The van der Waals surface area contributed by atoms with Crippen molar-refractivity contribution in [3.63, 3.8) is 0 Å². The highest BCUT2D eigenvalue weighted by Crippen LogP contribution is 2.48. The molecule has 2 fully saturated rings. The Morgan fingerprint density at radius 3 is 2.43 bits per heavy atom. The van der Waals surface area contributed by atoms with Crippen LogP contribution in [0, 0.1) is 5.82 Å². The zero-order chi connectivity index (χ0) is 29.4. The van der Waals surface area contributed by atoms with Gasteiger partial charge in [-0.25, -0.2) is 13.9 Å². The van der Waals surface area contributed by atoms with Gasteiger partial charge in [0.1, 0.15) is 11.6 Å². The van der Waals surface area contributed by atoms with Crippen LogP contribution in [-0.4, -0.2) is 59.9 Å². The molecule has 3 heterocycles. The Morgan fingerprint density at radius 2 is 1.76 bits per heavy atom. The Balaban J connectivity index is 1.08. The second kappa shape index (κ2) is 11.6. The summed E-state index contributed by atoms with van der Waals surface area (Å²) in [5.74, 6) is 0.905. The number of aryl methyl sites for hydroxylation is 1. The predicted octanol–water partition coefficient (Wildman–Crippen LogP) is 6.46. The molecule has 7 nitrogen and oxygen atoms in total. The zero-order valence-corrected chi connectivity index (χ0v) is 23.3. The van der Waals surface area contributed by atoms with E-state index in [2.05, 4.69) is 0 Å². The second-order valence-corrected chi connectivity index (χ2v) is 11.2. The molecule has 0 spiro atoms. The first-order chi connectivity index (χ1) is 20.2. The highest BCUT2D eigenvalue weighted by molar-refractivity contribution is 5.68. The van der Waals surface area contributed by atoms with Crippen LogP contribution < -0.4 is 4.74 Å². The van der Waals surface area contributed by atoms with Crippen molar-refractivity contribution in [2.24, 2.45) is 0 Å². The number of likely N-dealkylation sites (tertiary alicyclic amines) is 1. The molecular weight excluding hydrogens is 554 g/mol. The summed E-state index contributed by atoms with van der Waals surface area (Å²) in [4.78, 5) is 14.1. The van der Waals surface area contributed by atoms with Crippen molar-refractivity contribution in [3.8, 4) is 11.4 Å². The minimum atomic E-state index is -4.76. The molecule has 3 aromatic rings. The molecule has 1 atom stereocenters. The van der Waals surface area contributed by atoms with Gasteiger partial charge in [0.2, 0.25) is 6.10 Å². The summed E-state index contributed by atoms with van der Waals surface area (Å²) in [5, 5.41) is 5.01. The fourth-order valence-corrected chi connectivity index (χ4v) is 5.99. The Bertz CT molecular complexity index is 1430. The Hall–Kier alpha value is -3.60. The first-order valence-corrected chi connectivity index (χ1v) is 14.3. The lowest BCUT2D eigenvalue weighted by atomic mass is 9.88. The fourth-order valence-electron chi connectivity index (χ4n) is 5.99. The molecule has 11 heteroatoms. The minimum absolute atomic E-state index is 0.0586. The van der Waals surface area contributed by atoms with Gasteiger partial charge < -0.3 is 19.1 Å². The number of rotatable bonds is 8. The highest BCUT2D eigenvalue weighted by atomic mass is 19.4. The van der Waals surface area contributed by atoms with Gasteiger partial charge in [-0.3, -0.25) is 0 Å². The molecule has 1 aliphatic carbocycles. The first kappa shape index (κ1) is 28.5. The number of hydrogen-bond donors (Lipinski definition) is 0. The number of benzene rings is 2. The van der Waals surface area contributed by atoms with E-state index in [-0.39, 0.29) is 31.4 Å².